The predicted octanol–water partition coefficient (Wildman–Crippen LogP) is 2.17. The van der Waals surface area contributed by atoms with Gasteiger partial charge in [-0.2, -0.15) is 0 Å². The summed E-state index contributed by atoms with van der Waals surface area (Å²) in [5, 5.41) is 0. The Morgan fingerprint density at radius 3 is 2.45 bits per heavy atom. The minimum atomic E-state index is -3.42. The van der Waals surface area contributed by atoms with E-state index in [1.165, 1.54) is 0 Å². The van der Waals surface area contributed by atoms with E-state index in [9.17, 15) is 8.42 Å². The number of alkyl halides is 1. The van der Waals surface area contributed by atoms with Crippen LogP contribution in [0.2, 0.25) is 0 Å². The normalized spacial score (nSPS) is 17.2. The van der Waals surface area contributed by atoms with E-state index in [1.807, 2.05) is 12.1 Å². The smallest absolute Gasteiger partial charge is 0.240 e. The molecule has 4 nitrogen and oxygen atoms in total. The zero-order chi connectivity index (χ0) is 14.4. The molecule has 112 valence electrons. The molecule has 1 fully saturated rings. The first-order chi connectivity index (χ1) is 9.62. The molecular formula is C14H20ClNO3S. The van der Waals surface area contributed by atoms with Crippen molar-refractivity contribution in [2.45, 2.75) is 24.2 Å². The molecule has 0 bridgehead atoms. The highest BCUT2D eigenvalue weighted by atomic mass is 35.5. The Morgan fingerprint density at radius 1 is 1.20 bits per heavy atom. The number of nitrogens with one attached hydrogen (secondary N) is 1. The first-order valence-corrected chi connectivity index (χ1v) is 8.86. The lowest BCUT2D eigenvalue weighted by molar-refractivity contribution is 0.0678. The van der Waals surface area contributed by atoms with Crippen molar-refractivity contribution in [3.05, 3.63) is 29.8 Å². The number of halogens is 1. The van der Waals surface area contributed by atoms with Crippen LogP contribution in [0.3, 0.4) is 0 Å². The number of sulfonamides is 1. The summed E-state index contributed by atoms with van der Waals surface area (Å²) in [5.74, 6) is 0.905. The van der Waals surface area contributed by atoms with Gasteiger partial charge in [-0.3, -0.25) is 0 Å². The zero-order valence-corrected chi connectivity index (χ0v) is 12.9. The summed E-state index contributed by atoms with van der Waals surface area (Å²) in [6, 6.07) is 6.89. The zero-order valence-electron chi connectivity index (χ0n) is 11.3. The molecule has 0 spiro atoms. The number of hydrogen-bond donors (Lipinski definition) is 1. The van der Waals surface area contributed by atoms with Crippen LogP contribution in [0.5, 0.6) is 0 Å². The highest BCUT2D eigenvalue weighted by molar-refractivity contribution is 7.89. The highest BCUT2D eigenvalue weighted by Crippen LogP contribution is 2.16. The van der Waals surface area contributed by atoms with Gasteiger partial charge in [0.1, 0.15) is 0 Å². The van der Waals surface area contributed by atoms with Crippen molar-refractivity contribution in [3.8, 4) is 0 Å². The molecule has 1 N–H and O–H groups in total. The van der Waals surface area contributed by atoms with Crippen LogP contribution in [0.15, 0.2) is 29.2 Å². The third-order valence-corrected chi connectivity index (χ3v) is 5.15. The van der Waals surface area contributed by atoms with Crippen LogP contribution in [0.4, 0.5) is 0 Å². The summed E-state index contributed by atoms with van der Waals surface area (Å²) < 4.78 is 32.3. The lowest BCUT2D eigenvalue weighted by Gasteiger charge is -2.22. The molecule has 0 aliphatic carbocycles. The molecule has 0 atom stereocenters. The average Bonchev–Trinajstić information content (AvgIpc) is 2.47. The number of ether oxygens (including phenoxy) is 1. The van der Waals surface area contributed by atoms with Crippen molar-refractivity contribution in [2.24, 2.45) is 5.92 Å². The van der Waals surface area contributed by atoms with Crippen molar-refractivity contribution in [2.75, 3.05) is 25.6 Å². The third-order valence-electron chi connectivity index (χ3n) is 3.52. The van der Waals surface area contributed by atoms with Crippen molar-refractivity contribution in [3.63, 3.8) is 0 Å². The molecule has 6 heteroatoms. The number of benzene rings is 1. The van der Waals surface area contributed by atoms with Crippen LogP contribution in [-0.4, -0.2) is 34.1 Å². The fourth-order valence-electron chi connectivity index (χ4n) is 2.21. The number of aryl methyl sites for hydroxylation is 1. The molecular weight excluding hydrogens is 298 g/mol. The predicted molar refractivity (Wildman–Crippen MR) is 79.6 cm³/mol. The van der Waals surface area contributed by atoms with Gasteiger partial charge in [0.05, 0.1) is 4.90 Å². The molecule has 0 aromatic heterocycles. The molecule has 1 aliphatic heterocycles. The molecule has 2 rings (SSSR count). The molecule has 0 radical (unpaired) electrons. The summed E-state index contributed by atoms with van der Waals surface area (Å²) in [5.41, 5.74) is 1.04. The van der Waals surface area contributed by atoms with Gasteiger partial charge < -0.3 is 4.74 Å². The van der Waals surface area contributed by atoms with Gasteiger partial charge in [0.15, 0.2) is 0 Å². The van der Waals surface area contributed by atoms with Gasteiger partial charge in [-0.1, -0.05) is 12.1 Å². The van der Waals surface area contributed by atoms with Crippen LogP contribution in [0.1, 0.15) is 18.4 Å². The van der Waals surface area contributed by atoms with Crippen LogP contribution < -0.4 is 4.72 Å². The van der Waals surface area contributed by atoms with E-state index in [0.29, 0.717) is 23.2 Å². The van der Waals surface area contributed by atoms with Crippen molar-refractivity contribution < 1.29 is 13.2 Å². The second-order valence-corrected chi connectivity index (χ2v) is 7.14. The fourth-order valence-corrected chi connectivity index (χ4v) is 3.54. The maximum atomic E-state index is 12.2. The molecule has 1 aliphatic rings. The minimum Gasteiger partial charge on any atom is -0.381 e. The van der Waals surface area contributed by atoms with Gasteiger partial charge in [0, 0.05) is 25.6 Å². The highest BCUT2D eigenvalue weighted by Gasteiger charge is 2.18. The molecule has 0 amide bonds. The fraction of sp³-hybridized carbons (Fsp3) is 0.571. The Labute approximate surface area is 125 Å². The third kappa shape index (κ3) is 4.45. The second kappa shape index (κ2) is 7.41. The van der Waals surface area contributed by atoms with E-state index in [2.05, 4.69) is 4.72 Å². The summed E-state index contributed by atoms with van der Waals surface area (Å²) in [6.07, 6.45) is 2.58. The van der Waals surface area contributed by atoms with Crippen molar-refractivity contribution in [1.29, 1.82) is 0 Å². The van der Waals surface area contributed by atoms with Gasteiger partial charge in [-0.05, 0) is 42.9 Å². The maximum absolute atomic E-state index is 12.2. The quantitative estimate of drug-likeness (QED) is 0.818. The van der Waals surface area contributed by atoms with Gasteiger partial charge in [-0.15, -0.1) is 11.6 Å². The molecule has 1 aromatic carbocycles. The minimum absolute atomic E-state index is 0.308. The van der Waals surface area contributed by atoms with E-state index in [1.54, 1.807) is 12.1 Å². The van der Waals surface area contributed by atoms with Crippen molar-refractivity contribution >= 4 is 21.6 Å². The Kier molecular flexibility index (Phi) is 5.84. The van der Waals surface area contributed by atoms with Gasteiger partial charge >= 0.3 is 0 Å². The number of rotatable bonds is 6. The SMILES string of the molecule is O=S(=O)(NCC1CCOCC1)c1ccc(CCCl)cc1. The van der Waals surface area contributed by atoms with Crippen LogP contribution in [0.25, 0.3) is 0 Å². The van der Waals surface area contributed by atoms with Crippen LogP contribution >= 0.6 is 11.6 Å². The Balaban J connectivity index is 1.94. The maximum Gasteiger partial charge on any atom is 0.240 e. The summed E-state index contributed by atoms with van der Waals surface area (Å²) in [7, 11) is -3.42. The van der Waals surface area contributed by atoms with E-state index in [0.717, 1.165) is 38.0 Å². The lowest BCUT2D eigenvalue weighted by Crippen LogP contribution is -2.32. The molecule has 1 saturated heterocycles. The Hall–Kier alpha value is -0.620. The Morgan fingerprint density at radius 2 is 1.85 bits per heavy atom. The van der Waals surface area contributed by atoms with Gasteiger partial charge in [0.25, 0.3) is 0 Å². The standard InChI is InChI=1S/C14H20ClNO3S/c15-8-5-12-1-3-14(4-2-12)20(17,18)16-11-13-6-9-19-10-7-13/h1-4,13,16H,5-11H2. The molecule has 0 saturated carbocycles. The average molecular weight is 318 g/mol. The second-order valence-electron chi connectivity index (χ2n) is 4.99. The van der Waals surface area contributed by atoms with E-state index in [-0.39, 0.29) is 0 Å². The summed E-state index contributed by atoms with van der Waals surface area (Å²) in [4.78, 5) is 0.308. The molecule has 1 aromatic rings. The Bertz CT molecular complexity index is 510. The van der Waals surface area contributed by atoms with E-state index in [4.69, 9.17) is 16.3 Å². The van der Waals surface area contributed by atoms with Crippen LogP contribution in [-0.2, 0) is 21.2 Å². The largest absolute Gasteiger partial charge is 0.381 e. The lowest BCUT2D eigenvalue weighted by atomic mass is 10.0. The first-order valence-electron chi connectivity index (χ1n) is 6.84. The monoisotopic (exact) mass is 317 g/mol. The van der Waals surface area contributed by atoms with Crippen molar-refractivity contribution in [1.82, 2.24) is 4.72 Å². The van der Waals surface area contributed by atoms with Crippen LogP contribution in [0, 0.1) is 5.92 Å². The number of hydrogen-bond acceptors (Lipinski definition) is 3. The first kappa shape index (κ1) is 15.8. The summed E-state index contributed by atoms with van der Waals surface area (Å²) in [6.45, 7) is 1.92. The molecule has 0 unspecified atom stereocenters. The molecule has 20 heavy (non-hydrogen) atoms. The topological polar surface area (TPSA) is 55.4 Å². The van der Waals surface area contributed by atoms with Gasteiger partial charge in [0.2, 0.25) is 10.0 Å². The van der Waals surface area contributed by atoms with Gasteiger partial charge in [-0.25, -0.2) is 13.1 Å². The van der Waals surface area contributed by atoms with E-state index < -0.39 is 10.0 Å². The molecule has 1 heterocycles. The summed E-state index contributed by atoms with van der Waals surface area (Å²) >= 11 is 5.66. The van der Waals surface area contributed by atoms with E-state index >= 15 is 0 Å².